The van der Waals surface area contributed by atoms with E-state index < -0.39 is 0 Å². The van der Waals surface area contributed by atoms with Crippen molar-refractivity contribution in [3.8, 4) is 0 Å². The molecule has 0 aliphatic carbocycles. The van der Waals surface area contributed by atoms with Crippen LogP contribution >= 0.6 is 31.9 Å². The molecule has 2 rings (SSSR count). The van der Waals surface area contributed by atoms with Gasteiger partial charge in [-0.2, -0.15) is 0 Å². The maximum atomic E-state index is 3.31. The molecule has 2 aromatic carbocycles. The molecule has 0 aliphatic rings. The summed E-state index contributed by atoms with van der Waals surface area (Å²) in [5.74, 6) is 0. The van der Waals surface area contributed by atoms with E-state index in [0.717, 1.165) is 8.95 Å². The summed E-state index contributed by atoms with van der Waals surface area (Å²) in [5, 5.41) is 0. The van der Waals surface area contributed by atoms with Crippen molar-refractivity contribution in [2.45, 2.75) is 0 Å². The molecular formula is C12H10Br2. The molecule has 0 saturated carbocycles. The summed E-state index contributed by atoms with van der Waals surface area (Å²) >= 11 is 6.62. The second kappa shape index (κ2) is 6.80. The van der Waals surface area contributed by atoms with Gasteiger partial charge in [0.05, 0.1) is 0 Å². The predicted molar refractivity (Wildman–Crippen MR) is 68.3 cm³/mol. The van der Waals surface area contributed by atoms with Crippen molar-refractivity contribution in [2.24, 2.45) is 0 Å². The molecule has 0 heterocycles. The Morgan fingerprint density at radius 2 is 0.786 bits per heavy atom. The lowest BCUT2D eigenvalue weighted by Gasteiger charge is -1.80. The molecule has 0 amide bonds. The summed E-state index contributed by atoms with van der Waals surface area (Å²) in [6.07, 6.45) is 0. The molecule has 2 heteroatoms. The smallest absolute Gasteiger partial charge is 0.0175 e. The molecule has 0 saturated heterocycles. The summed E-state index contributed by atoms with van der Waals surface area (Å²) in [5.41, 5.74) is 0. The van der Waals surface area contributed by atoms with Crippen LogP contribution in [-0.2, 0) is 0 Å². The van der Waals surface area contributed by atoms with Gasteiger partial charge < -0.3 is 0 Å². The first-order valence-electron chi connectivity index (χ1n) is 4.20. The van der Waals surface area contributed by atoms with Gasteiger partial charge in [-0.05, 0) is 24.3 Å². The molecule has 0 spiro atoms. The molecule has 0 N–H and O–H groups in total. The van der Waals surface area contributed by atoms with Gasteiger partial charge in [0.2, 0.25) is 0 Å². The van der Waals surface area contributed by atoms with Crippen molar-refractivity contribution in [2.75, 3.05) is 0 Å². The van der Waals surface area contributed by atoms with E-state index >= 15 is 0 Å². The highest BCUT2D eigenvalue weighted by Crippen LogP contribution is 2.05. The average molecular weight is 314 g/mol. The van der Waals surface area contributed by atoms with E-state index in [0.29, 0.717) is 0 Å². The van der Waals surface area contributed by atoms with Gasteiger partial charge in [0.25, 0.3) is 0 Å². The average Bonchev–Trinajstić information content (AvgIpc) is 2.21. The van der Waals surface area contributed by atoms with Gasteiger partial charge in [0.15, 0.2) is 0 Å². The Kier molecular flexibility index (Phi) is 5.57. The van der Waals surface area contributed by atoms with Gasteiger partial charge in [-0.15, -0.1) is 0 Å². The Labute approximate surface area is 101 Å². The SMILES string of the molecule is Brc1ccccc1.Brc1ccccc1. The van der Waals surface area contributed by atoms with E-state index in [1.807, 2.05) is 60.7 Å². The molecule has 14 heavy (non-hydrogen) atoms. The second-order valence-corrected chi connectivity index (χ2v) is 4.42. The third kappa shape index (κ3) is 5.20. The quantitative estimate of drug-likeness (QED) is 0.649. The third-order valence-corrected chi connectivity index (χ3v) is 2.52. The maximum Gasteiger partial charge on any atom is 0.0175 e. The largest absolute Gasteiger partial charge is 0.0622 e. The second-order valence-electron chi connectivity index (χ2n) is 2.59. The lowest BCUT2D eigenvalue weighted by atomic mass is 10.4. The van der Waals surface area contributed by atoms with E-state index in [1.165, 1.54) is 0 Å². The third-order valence-electron chi connectivity index (χ3n) is 1.47. The normalized spacial score (nSPS) is 8.71. The summed E-state index contributed by atoms with van der Waals surface area (Å²) in [4.78, 5) is 0. The van der Waals surface area contributed by atoms with E-state index in [-0.39, 0.29) is 0 Å². The summed E-state index contributed by atoms with van der Waals surface area (Å²) < 4.78 is 2.27. The van der Waals surface area contributed by atoms with Crippen LogP contribution in [0.4, 0.5) is 0 Å². The van der Waals surface area contributed by atoms with Crippen LogP contribution in [0.2, 0.25) is 0 Å². The maximum absolute atomic E-state index is 3.31. The molecular weight excluding hydrogens is 304 g/mol. The highest BCUT2D eigenvalue weighted by atomic mass is 79.9. The Hall–Kier alpha value is -0.600. The van der Waals surface area contributed by atoms with Gasteiger partial charge in [-0.3, -0.25) is 0 Å². The minimum absolute atomic E-state index is 1.13. The molecule has 0 aliphatic heterocycles. The number of hydrogen-bond acceptors (Lipinski definition) is 0. The predicted octanol–water partition coefficient (Wildman–Crippen LogP) is 4.90. The summed E-state index contributed by atoms with van der Waals surface area (Å²) in [6.45, 7) is 0. The fourth-order valence-electron chi connectivity index (χ4n) is 0.829. The molecule has 0 atom stereocenters. The standard InChI is InChI=1S/2C6H5Br/c2*7-6-4-2-1-3-5-6/h2*1-5H. The van der Waals surface area contributed by atoms with Crippen molar-refractivity contribution in [1.82, 2.24) is 0 Å². The first-order valence-corrected chi connectivity index (χ1v) is 5.79. The van der Waals surface area contributed by atoms with Gasteiger partial charge in [-0.1, -0.05) is 68.3 Å². The number of hydrogen-bond donors (Lipinski definition) is 0. The van der Waals surface area contributed by atoms with Crippen molar-refractivity contribution in [1.29, 1.82) is 0 Å². The Morgan fingerprint density at radius 1 is 0.500 bits per heavy atom. The van der Waals surface area contributed by atoms with Crippen LogP contribution in [0.1, 0.15) is 0 Å². The number of rotatable bonds is 0. The van der Waals surface area contributed by atoms with Crippen LogP contribution in [0.3, 0.4) is 0 Å². The Bertz CT molecular complexity index is 306. The van der Waals surface area contributed by atoms with Crippen LogP contribution in [0, 0.1) is 0 Å². The van der Waals surface area contributed by atoms with E-state index in [4.69, 9.17) is 0 Å². The van der Waals surface area contributed by atoms with Crippen LogP contribution < -0.4 is 0 Å². The first-order chi connectivity index (χ1) is 6.79. The van der Waals surface area contributed by atoms with Crippen LogP contribution in [0.5, 0.6) is 0 Å². The summed E-state index contributed by atoms with van der Waals surface area (Å²) in [7, 11) is 0. The number of benzene rings is 2. The zero-order chi connectivity index (χ0) is 10.2. The van der Waals surface area contributed by atoms with Crippen LogP contribution in [0.25, 0.3) is 0 Å². The van der Waals surface area contributed by atoms with Crippen molar-refractivity contribution in [3.05, 3.63) is 69.6 Å². The van der Waals surface area contributed by atoms with E-state index in [9.17, 15) is 0 Å². The molecule has 0 unspecified atom stereocenters. The van der Waals surface area contributed by atoms with Crippen LogP contribution in [-0.4, -0.2) is 0 Å². The van der Waals surface area contributed by atoms with Crippen molar-refractivity contribution in [3.63, 3.8) is 0 Å². The minimum atomic E-state index is 1.13. The highest BCUT2D eigenvalue weighted by Gasteiger charge is 1.75. The molecule has 0 radical (unpaired) electrons. The fraction of sp³-hybridized carbons (Fsp3) is 0. The van der Waals surface area contributed by atoms with Crippen molar-refractivity contribution < 1.29 is 0 Å². The van der Waals surface area contributed by atoms with E-state index in [2.05, 4.69) is 31.9 Å². The zero-order valence-corrected chi connectivity index (χ0v) is 10.7. The highest BCUT2D eigenvalue weighted by molar-refractivity contribution is 9.10. The minimum Gasteiger partial charge on any atom is -0.0622 e. The monoisotopic (exact) mass is 312 g/mol. The molecule has 72 valence electrons. The topological polar surface area (TPSA) is 0 Å². The molecule has 0 aromatic heterocycles. The van der Waals surface area contributed by atoms with E-state index in [1.54, 1.807) is 0 Å². The van der Waals surface area contributed by atoms with Gasteiger partial charge in [-0.25, -0.2) is 0 Å². The Morgan fingerprint density at radius 3 is 0.929 bits per heavy atom. The fourth-order valence-corrected chi connectivity index (χ4v) is 1.44. The van der Waals surface area contributed by atoms with Crippen molar-refractivity contribution >= 4 is 31.9 Å². The lowest BCUT2D eigenvalue weighted by molar-refractivity contribution is 1.66. The molecule has 0 nitrogen and oxygen atoms in total. The first kappa shape index (κ1) is 11.5. The Balaban J connectivity index is 0.000000140. The van der Waals surface area contributed by atoms with Gasteiger partial charge in [0.1, 0.15) is 0 Å². The molecule has 2 aromatic rings. The zero-order valence-electron chi connectivity index (χ0n) is 7.53. The molecule has 0 fully saturated rings. The van der Waals surface area contributed by atoms with Crippen LogP contribution in [0.15, 0.2) is 69.6 Å². The molecule has 0 bridgehead atoms. The van der Waals surface area contributed by atoms with Gasteiger partial charge >= 0.3 is 0 Å². The van der Waals surface area contributed by atoms with Gasteiger partial charge in [0, 0.05) is 8.95 Å². The summed E-state index contributed by atoms with van der Waals surface area (Å²) in [6, 6.07) is 19.9. The number of halogens is 2. The lowest BCUT2D eigenvalue weighted by Crippen LogP contribution is -1.55.